The maximum atomic E-state index is 11.1. The van der Waals surface area contributed by atoms with Crippen molar-refractivity contribution in [3.63, 3.8) is 0 Å². The molecule has 0 bridgehead atoms. The van der Waals surface area contributed by atoms with Gasteiger partial charge in [0.15, 0.2) is 9.84 Å². The fraction of sp³-hybridized carbons (Fsp3) is 1.00. The zero-order valence-electron chi connectivity index (χ0n) is 7.65. The van der Waals surface area contributed by atoms with E-state index in [0.717, 1.165) is 0 Å². The summed E-state index contributed by atoms with van der Waals surface area (Å²) in [5.74, 6) is 0.384. The molecular formula is C6H16N2O3S2. The Morgan fingerprint density at radius 3 is 2.62 bits per heavy atom. The summed E-state index contributed by atoms with van der Waals surface area (Å²) in [4.78, 5) is 0. The minimum absolute atomic E-state index is 0.00475. The lowest BCUT2D eigenvalue weighted by molar-refractivity contribution is 0.584. The number of hydrogen-bond acceptors (Lipinski definition) is 5. The second-order valence-corrected chi connectivity index (χ2v) is 6.40. The van der Waals surface area contributed by atoms with Gasteiger partial charge in [0, 0.05) is 13.1 Å². The van der Waals surface area contributed by atoms with Gasteiger partial charge in [0.05, 0.1) is 17.9 Å². The van der Waals surface area contributed by atoms with Crippen molar-refractivity contribution in [2.24, 2.45) is 5.73 Å². The summed E-state index contributed by atoms with van der Waals surface area (Å²) in [6.07, 6.45) is 1.58. The molecule has 3 N–H and O–H groups in total. The van der Waals surface area contributed by atoms with Gasteiger partial charge >= 0.3 is 0 Å². The van der Waals surface area contributed by atoms with Crippen LogP contribution in [0.4, 0.5) is 0 Å². The van der Waals surface area contributed by atoms with Crippen LogP contribution in [-0.4, -0.2) is 49.7 Å². The van der Waals surface area contributed by atoms with E-state index in [1.807, 2.05) is 0 Å². The van der Waals surface area contributed by atoms with Gasteiger partial charge < -0.3 is 10.3 Å². The molecule has 0 aliphatic heterocycles. The fourth-order valence-corrected chi connectivity index (χ4v) is 2.09. The minimum Gasteiger partial charge on any atom is -0.617 e. The zero-order chi connectivity index (χ0) is 10.3. The summed E-state index contributed by atoms with van der Waals surface area (Å²) in [5, 5.41) is 2.71. The number of sulfone groups is 1. The molecule has 0 saturated heterocycles. The summed E-state index contributed by atoms with van der Waals surface area (Å²) in [6.45, 7) is 0.594. The lowest BCUT2D eigenvalue weighted by Crippen LogP contribution is -2.31. The molecule has 7 heteroatoms. The van der Waals surface area contributed by atoms with Crippen LogP contribution >= 0.6 is 0 Å². The predicted molar refractivity (Wildman–Crippen MR) is 54.6 cm³/mol. The number of nitrogens with two attached hydrogens (primary N) is 1. The Labute approximate surface area is 82.2 Å². The van der Waals surface area contributed by atoms with Crippen LogP contribution in [0.25, 0.3) is 0 Å². The topological polar surface area (TPSA) is 95.2 Å². The number of nitrogens with one attached hydrogen (secondary N) is 1. The average Bonchev–Trinajstić information content (AvgIpc) is 1.98. The van der Waals surface area contributed by atoms with E-state index < -0.39 is 21.0 Å². The second-order valence-electron chi connectivity index (χ2n) is 2.66. The Kier molecular flexibility index (Phi) is 6.70. The van der Waals surface area contributed by atoms with Crippen molar-refractivity contribution < 1.29 is 13.0 Å². The summed E-state index contributed by atoms with van der Waals surface area (Å²) >= 11 is -0.880. The van der Waals surface area contributed by atoms with E-state index in [9.17, 15) is 13.0 Å². The first-order valence-corrected chi connectivity index (χ1v) is 7.44. The minimum atomic E-state index is -3.06. The van der Waals surface area contributed by atoms with Gasteiger partial charge in [-0.3, -0.25) is 5.32 Å². The summed E-state index contributed by atoms with van der Waals surface area (Å²) in [7, 11) is -3.06. The van der Waals surface area contributed by atoms with Gasteiger partial charge in [-0.15, -0.1) is 0 Å². The fourth-order valence-electron chi connectivity index (χ4n) is 0.695. The van der Waals surface area contributed by atoms with E-state index >= 15 is 0 Å². The molecule has 1 atom stereocenters. The van der Waals surface area contributed by atoms with Gasteiger partial charge in [-0.1, -0.05) is 11.2 Å². The molecule has 0 amide bonds. The lowest BCUT2D eigenvalue weighted by atomic mass is 10.8. The molecule has 0 aliphatic rings. The van der Waals surface area contributed by atoms with Crippen molar-refractivity contribution in [1.82, 2.24) is 5.32 Å². The molecule has 0 radical (unpaired) electrons. The maximum absolute atomic E-state index is 11.1. The highest BCUT2D eigenvalue weighted by atomic mass is 32.2. The highest BCUT2D eigenvalue weighted by molar-refractivity contribution is 7.91. The molecule has 0 spiro atoms. The predicted octanol–water partition coefficient (Wildman–Crippen LogP) is -1.71. The van der Waals surface area contributed by atoms with Gasteiger partial charge in [-0.25, -0.2) is 8.42 Å². The average molecular weight is 228 g/mol. The summed E-state index contributed by atoms with van der Waals surface area (Å²) < 4.78 is 32.7. The van der Waals surface area contributed by atoms with Crippen LogP contribution in [0, 0.1) is 0 Å². The van der Waals surface area contributed by atoms with Gasteiger partial charge in [0.2, 0.25) is 0 Å². The molecule has 0 aromatic heterocycles. The normalized spacial score (nSPS) is 14.4. The third-order valence-electron chi connectivity index (χ3n) is 1.32. The largest absolute Gasteiger partial charge is 0.617 e. The SMILES string of the molecule is C[S+]([O-])CCNCS(=O)(=O)CCN. The van der Waals surface area contributed by atoms with Crippen LogP contribution in [0.1, 0.15) is 0 Å². The van der Waals surface area contributed by atoms with Crippen molar-refractivity contribution in [3.05, 3.63) is 0 Å². The molecule has 0 rings (SSSR count). The standard InChI is InChI=1S/C6H16N2O3S2/c1-12(9)4-3-8-6-13(10,11)5-2-7/h8H,2-7H2,1H3. The smallest absolute Gasteiger partial charge is 0.164 e. The molecule has 0 aliphatic carbocycles. The summed E-state index contributed by atoms with van der Waals surface area (Å²) in [5.41, 5.74) is 5.11. The van der Waals surface area contributed by atoms with Crippen LogP contribution in [0.3, 0.4) is 0 Å². The van der Waals surface area contributed by atoms with Crippen LogP contribution in [0.15, 0.2) is 0 Å². The lowest BCUT2D eigenvalue weighted by Gasteiger charge is -2.06. The van der Waals surface area contributed by atoms with E-state index in [0.29, 0.717) is 12.3 Å². The van der Waals surface area contributed by atoms with Gasteiger partial charge in [-0.2, -0.15) is 0 Å². The van der Waals surface area contributed by atoms with Crippen molar-refractivity contribution in [2.75, 3.05) is 36.7 Å². The highest BCUT2D eigenvalue weighted by Gasteiger charge is 2.08. The first-order chi connectivity index (χ1) is 5.98. The Balaban J connectivity index is 3.53. The zero-order valence-corrected chi connectivity index (χ0v) is 9.29. The first-order valence-electron chi connectivity index (χ1n) is 3.89. The van der Waals surface area contributed by atoms with Crippen molar-refractivity contribution in [3.8, 4) is 0 Å². The Hall–Kier alpha value is 0.180. The van der Waals surface area contributed by atoms with Crippen LogP contribution < -0.4 is 11.1 Å². The molecule has 0 fully saturated rings. The van der Waals surface area contributed by atoms with Crippen molar-refractivity contribution in [1.29, 1.82) is 0 Å². The molecule has 13 heavy (non-hydrogen) atoms. The second kappa shape index (κ2) is 6.61. The van der Waals surface area contributed by atoms with E-state index in [4.69, 9.17) is 5.73 Å². The van der Waals surface area contributed by atoms with Gasteiger partial charge in [0.1, 0.15) is 5.75 Å². The highest BCUT2D eigenvalue weighted by Crippen LogP contribution is 1.86. The molecule has 5 nitrogen and oxygen atoms in total. The molecule has 0 saturated carbocycles. The van der Waals surface area contributed by atoms with Crippen molar-refractivity contribution >= 4 is 21.0 Å². The van der Waals surface area contributed by atoms with E-state index in [1.165, 1.54) is 0 Å². The molecular weight excluding hydrogens is 212 g/mol. The van der Waals surface area contributed by atoms with E-state index in [1.54, 1.807) is 6.26 Å². The summed E-state index contributed by atoms with van der Waals surface area (Å²) in [6, 6.07) is 0. The maximum Gasteiger partial charge on any atom is 0.164 e. The van der Waals surface area contributed by atoms with Crippen LogP contribution in [0.5, 0.6) is 0 Å². The molecule has 1 unspecified atom stereocenters. The van der Waals surface area contributed by atoms with Crippen LogP contribution in [0.2, 0.25) is 0 Å². The monoisotopic (exact) mass is 228 g/mol. The van der Waals surface area contributed by atoms with E-state index in [-0.39, 0.29) is 18.2 Å². The van der Waals surface area contributed by atoms with Gasteiger partial charge in [0.25, 0.3) is 0 Å². The number of rotatable bonds is 7. The molecule has 0 aromatic carbocycles. The third-order valence-corrected chi connectivity index (χ3v) is 3.60. The molecule has 0 aromatic rings. The van der Waals surface area contributed by atoms with Gasteiger partial charge in [-0.05, 0) is 0 Å². The number of hydrogen-bond donors (Lipinski definition) is 2. The quantitative estimate of drug-likeness (QED) is 0.399. The molecule has 80 valence electrons. The van der Waals surface area contributed by atoms with Crippen LogP contribution in [-0.2, 0) is 21.0 Å². The van der Waals surface area contributed by atoms with Crippen molar-refractivity contribution in [2.45, 2.75) is 0 Å². The third kappa shape index (κ3) is 8.51. The molecule has 0 heterocycles. The Morgan fingerprint density at radius 1 is 1.54 bits per heavy atom. The van der Waals surface area contributed by atoms with E-state index in [2.05, 4.69) is 5.32 Å². The Bertz CT molecular complexity index is 216. The first kappa shape index (κ1) is 13.2. The Morgan fingerprint density at radius 2 is 2.15 bits per heavy atom.